The zero-order valence-corrected chi connectivity index (χ0v) is 19.5. The van der Waals surface area contributed by atoms with Gasteiger partial charge in [-0.05, 0) is 67.8 Å². The van der Waals surface area contributed by atoms with Gasteiger partial charge in [-0.2, -0.15) is 26.3 Å². The zero-order chi connectivity index (χ0) is 27.2. The zero-order valence-electron chi connectivity index (χ0n) is 19.5. The van der Waals surface area contributed by atoms with E-state index in [1.807, 2.05) is 0 Å². The molecule has 1 aromatic heterocycles. The Morgan fingerprint density at radius 2 is 1.36 bits per heavy atom. The van der Waals surface area contributed by atoms with Gasteiger partial charge in [-0.3, -0.25) is 9.59 Å². The molecule has 0 aliphatic heterocycles. The molecule has 2 aromatic carbocycles. The van der Waals surface area contributed by atoms with Crippen LogP contribution in [0.2, 0.25) is 0 Å². The predicted molar refractivity (Wildman–Crippen MR) is 120 cm³/mol. The summed E-state index contributed by atoms with van der Waals surface area (Å²) in [5.74, 6) is -1.37. The Hall–Kier alpha value is -3.63. The van der Waals surface area contributed by atoms with Gasteiger partial charge in [0, 0.05) is 24.9 Å². The van der Waals surface area contributed by atoms with Crippen LogP contribution >= 0.6 is 0 Å². The quantitative estimate of drug-likeness (QED) is 0.406. The number of nitrogens with zero attached hydrogens (tertiary/aromatic N) is 1. The number of carbonyl (C=O) groups excluding carboxylic acids is 1. The van der Waals surface area contributed by atoms with E-state index in [1.165, 1.54) is 45.3 Å². The third-order valence-electron chi connectivity index (χ3n) is 5.89. The molecular weight excluding hydrogens is 493 g/mol. The molecule has 192 valence electrons. The molecule has 1 amide bonds. The van der Waals surface area contributed by atoms with Crippen LogP contribution in [-0.4, -0.2) is 17.9 Å². The summed E-state index contributed by atoms with van der Waals surface area (Å²) in [6, 6.07) is 5.95. The summed E-state index contributed by atoms with van der Waals surface area (Å²) in [5.41, 5.74) is -4.77. The molecule has 0 aliphatic rings. The largest absolute Gasteiger partial charge is 0.416 e. The van der Waals surface area contributed by atoms with E-state index in [9.17, 15) is 40.3 Å². The lowest BCUT2D eigenvalue weighted by Crippen LogP contribution is -2.42. The number of rotatable bonds is 4. The third-order valence-corrected chi connectivity index (χ3v) is 5.89. The SMILES string of the molecule is Cc1cc(F)ccc1-c1cc(=O)[nH]cc1N(C)C(=O)C(C)(C)c1cc(C(F)(F)F)cc(C(F)(F)F)c1. The van der Waals surface area contributed by atoms with Crippen LogP contribution in [0.1, 0.15) is 36.1 Å². The maximum atomic E-state index is 13.6. The molecule has 0 radical (unpaired) electrons. The second kappa shape index (κ2) is 9.11. The molecule has 0 unspecified atom stereocenters. The summed E-state index contributed by atoms with van der Waals surface area (Å²) in [6.45, 7) is 3.99. The van der Waals surface area contributed by atoms with Gasteiger partial charge in [0.2, 0.25) is 11.5 Å². The van der Waals surface area contributed by atoms with Crippen molar-refractivity contribution in [3.8, 4) is 11.1 Å². The number of likely N-dealkylation sites (N-methyl/N-ethyl adjacent to an activating group) is 1. The first-order valence-corrected chi connectivity index (χ1v) is 10.5. The number of nitrogens with one attached hydrogen (secondary N) is 1. The topological polar surface area (TPSA) is 53.2 Å². The number of pyridine rings is 1. The number of halogens is 7. The first kappa shape index (κ1) is 27.0. The Bertz CT molecular complexity index is 1340. The number of aryl methyl sites for hydroxylation is 1. The molecule has 0 fully saturated rings. The standard InChI is InChI=1S/C25H21F7N2O2/c1-13-7-17(26)5-6-18(13)19-11-21(35)33-12-20(19)34(4)22(36)23(2,3)14-8-15(24(27,28)29)10-16(9-14)25(30,31)32/h5-12H,1-4H3,(H,33,35). The predicted octanol–water partition coefficient (Wildman–Crippen LogP) is 6.47. The van der Waals surface area contributed by atoms with Crippen LogP contribution in [0.4, 0.5) is 36.4 Å². The Balaban J connectivity index is 2.14. The number of aromatic amines is 1. The number of carbonyl (C=O) groups is 1. The lowest BCUT2D eigenvalue weighted by Gasteiger charge is -2.32. The molecule has 0 spiro atoms. The average molecular weight is 514 g/mol. The highest BCUT2D eigenvalue weighted by Gasteiger charge is 2.41. The second-order valence-corrected chi connectivity index (χ2v) is 8.84. The lowest BCUT2D eigenvalue weighted by atomic mass is 9.81. The van der Waals surface area contributed by atoms with E-state index in [0.717, 1.165) is 11.0 Å². The minimum absolute atomic E-state index is 0.00881. The van der Waals surface area contributed by atoms with Crippen molar-refractivity contribution in [1.82, 2.24) is 4.98 Å². The minimum atomic E-state index is -5.08. The molecule has 3 rings (SSSR count). The van der Waals surface area contributed by atoms with E-state index in [1.54, 1.807) is 6.92 Å². The van der Waals surface area contributed by atoms with Crippen molar-refractivity contribution in [1.29, 1.82) is 0 Å². The van der Waals surface area contributed by atoms with E-state index >= 15 is 0 Å². The third kappa shape index (κ3) is 5.29. The smallest absolute Gasteiger partial charge is 0.327 e. The molecule has 1 N–H and O–H groups in total. The van der Waals surface area contributed by atoms with Gasteiger partial charge in [0.25, 0.3) is 0 Å². The summed E-state index contributed by atoms with van der Waals surface area (Å²) < 4.78 is 93.8. The van der Waals surface area contributed by atoms with Crippen molar-refractivity contribution in [2.24, 2.45) is 0 Å². The monoisotopic (exact) mass is 514 g/mol. The number of benzene rings is 2. The Morgan fingerprint density at radius 3 is 1.86 bits per heavy atom. The molecule has 0 aliphatic carbocycles. The molecule has 36 heavy (non-hydrogen) atoms. The number of hydrogen-bond acceptors (Lipinski definition) is 2. The van der Waals surface area contributed by atoms with Crippen molar-refractivity contribution in [3.05, 3.63) is 87.1 Å². The van der Waals surface area contributed by atoms with Gasteiger partial charge in [-0.15, -0.1) is 0 Å². The van der Waals surface area contributed by atoms with Crippen LogP contribution in [0.15, 0.2) is 53.5 Å². The van der Waals surface area contributed by atoms with E-state index in [-0.39, 0.29) is 17.3 Å². The Labute approximate surface area is 201 Å². The molecule has 3 aromatic rings. The minimum Gasteiger partial charge on any atom is -0.327 e. The molecule has 0 atom stereocenters. The van der Waals surface area contributed by atoms with Crippen molar-refractivity contribution in [2.75, 3.05) is 11.9 Å². The van der Waals surface area contributed by atoms with Gasteiger partial charge in [0.05, 0.1) is 22.2 Å². The fourth-order valence-electron chi connectivity index (χ4n) is 3.85. The highest BCUT2D eigenvalue weighted by molar-refractivity contribution is 6.03. The van der Waals surface area contributed by atoms with E-state index < -0.39 is 51.7 Å². The Morgan fingerprint density at radius 1 is 0.833 bits per heavy atom. The molecule has 0 saturated carbocycles. The van der Waals surface area contributed by atoms with Crippen molar-refractivity contribution >= 4 is 11.6 Å². The van der Waals surface area contributed by atoms with Crippen LogP contribution < -0.4 is 10.5 Å². The molecule has 0 saturated heterocycles. The maximum absolute atomic E-state index is 13.6. The van der Waals surface area contributed by atoms with Crippen molar-refractivity contribution in [3.63, 3.8) is 0 Å². The first-order valence-electron chi connectivity index (χ1n) is 10.5. The number of H-pyrrole nitrogens is 1. The maximum Gasteiger partial charge on any atom is 0.416 e. The van der Waals surface area contributed by atoms with Crippen LogP contribution in [0.3, 0.4) is 0 Å². The number of anilines is 1. The van der Waals surface area contributed by atoms with E-state index in [4.69, 9.17) is 0 Å². The first-order chi connectivity index (χ1) is 16.4. The van der Waals surface area contributed by atoms with Crippen LogP contribution in [0.5, 0.6) is 0 Å². The van der Waals surface area contributed by atoms with Gasteiger partial charge in [-0.1, -0.05) is 6.07 Å². The summed E-state index contributed by atoms with van der Waals surface area (Å²) in [6.07, 6.45) is -8.96. The molecule has 4 nitrogen and oxygen atoms in total. The summed E-state index contributed by atoms with van der Waals surface area (Å²) in [4.78, 5) is 29.0. The van der Waals surface area contributed by atoms with Gasteiger partial charge >= 0.3 is 12.4 Å². The Kier molecular flexibility index (Phi) is 6.82. The van der Waals surface area contributed by atoms with Crippen LogP contribution in [0.25, 0.3) is 11.1 Å². The summed E-state index contributed by atoms with van der Waals surface area (Å²) >= 11 is 0. The van der Waals surface area contributed by atoms with Crippen molar-refractivity contribution in [2.45, 2.75) is 38.5 Å². The lowest BCUT2D eigenvalue weighted by molar-refractivity contribution is -0.143. The van der Waals surface area contributed by atoms with Crippen LogP contribution in [-0.2, 0) is 22.6 Å². The average Bonchev–Trinajstić information content (AvgIpc) is 2.76. The van der Waals surface area contributed by atoms with E-state index in [0.29, 0.717) is 23.3 Å². The van der Waals surface area contributed by atoms with Crippen molar-refractivity contribution < 1.29 is 35.5 Å². The molecule has 0 bridgehead atoms. The number of amides is 1. The number of alkyl halides is 6. The highest BCUT2D eigenvalue weighted by atomic mass is 19.4. The number of aromatic nitrogens is 1. The fraction of sp³-hybridized carbons (Fsp3) is 0.280. The molecular formula is C25H21F7N2O2. The number of hydrogen-bond donors (Lipinski definition) is 1. The van der Waals surface area contributed by atoms with Gasteiger partial charge in [0.1, 0.15) is 5.82 Å². The van der Waals surface area contributed by atoms with E-state index in [2.05, 4.69) is 4.98 Å². The summed E-state index contributed by atoms with van der Waals surface area (Å²) in [7, 11) is 1.28. The van der Waals surface area contributed by atoms with Gasteiger partial charge in [0.15, 0.2) is 0 Å². The van der Waals surface area contributed by atoms with Gasteiger partial charge < -0.3 is 9.88 Å². The fourth-order valence-corrected chi connectivity index (χ4v) is 3.85. The molecule has 11 heteroatoms. The summed E-state index contributed by atoms with van der Waals surface area (Å²) in [5, 5.41) is 0. The molecule has 1 heterocycles. The van der Waals surface area contributed by atoms with Crippen LogP contribution in [0, 0.1) is 12.7 Å². The second-order valence-electron chi connectivity index (χ2n) is 8.84. The highest BCUT2D eigenvalue weighted by Crippen LogP contribution is 2.40. The van der Waals surface area contributed by atoms with Gasteiger partial charge in [-0.25, -0.2) is 4.39 Å². The normalized spacial score (nSPS) is 12.5.